The fourth-order valence-corrected chi connectivity index (χ4v) is 3.66. The molecule has 0 aliphatic heterocycles. The molecule has 0 aromatic carbocycles. The average Bonchev–Trinajstić information content (AvgIpc) is 3.45. The maximum Gasteiger partial charge on any atom is 0.453 e. The predicted octanol–water partition coefficient (Wildman–Crippen LogP) is 3.65. The van der Waals surface area contributed by atoms with Crippen molar-refractivity contribution in [3.05, 3.63) is 53.2 Å². The summed E-state index contributed by atoms with van der Waals surface area (Å²) in [5.74, 6) is -1.08. The van der Waals surface area contributed by atoms with E-state index in [1.807, 2.05) is 13.8 Å². The Hall–Kier alpha value is -3.90. The van der Waals surface area contributed by atoms with Crippen LogP contribution in [0.25, 0.3) is 17.2 Å². The van der Waals surface area contributed by atoms with Gasteiger partial charge in [-0.1, -0.05) is 19.0 Å². The molecule has 0 bridgehead atoms. The number of nitrogens with one attached hydrogen (secondary N) is 1. The van der Waals surface area contributed by atoms with Crippen LogP contribution < -0.4 is 5.32 Å². The Balaban J connectivity index is 1.48. The van der Waals surface area contributed by atoms with Crippen LogP contribution in [0.2, 0.25) is 0 Å². The SMILES string of the molecule is Cc1nc2nc(C(F)(F)F)nn2c(C)c1CCC(=O)NC(c1nc(-c2cccnc2)no1)C(C)C. The third kappa shape index (κ3) is 5.12. The molecule has 184 valence electrons. The minimum absolute atomic E-state index is 0.0430. The second kappa shape index (κ2) is 9.39. The van der Waals surface area contributed by atoms with E-state index in [4.69, 9.17) is 4.52 Å². The summed E-state index contributed by atoms with van der Waals surface area (Å²) >= 11 is 0. The minimum Gasteiger partial charge on any atom is -0.344 e. The van der Waals surface area contributed by atoms with Gasteiger partial charge in [0, 0.05) is 35.8 Å². The van der Waals surface area contributed by atoms with Gasteiger partial charge in [-0.15, -0.1) is 5.10 Å². The summed E-state index contributed by atoms with van der Waals surface area (Å²) in [5.41, 5.74) is 2.25. The Morgan fingerprint density at radius 3 is 2.63 bits per heavy atom. The Kier molecular flexibility index (Phi) is 6.50. The summed E-state index contributed by atoms with van der Waals surface area (Å²) in [6.07, 6.45) is -1.10. The highest BCUT2D eigenvalue weighted by molar-refractivity contribution is 5.76. The van der Waals surface area contributed by atoms with Crippen LogP contribution in [-0.4, -0.2) is 40.6 Å². The number of hydrogen-bond acceptors (Lipinski definition) is 8. The number of amides is 1. The summed E-state index contributed by atoms with van der Waals surface area (Å²) in [4.78, 5) is 28.8. The van der Waals surface area contributed by atoms with Crippen LogP contribution in [0.5, 0.6) is 0 Å². The quantitative estimate of drug-likeness (QED) is 0.418. The molecule has 1 amide bonds. The van der Waals surface area contributed by atoms with Crippen molar-refractivity contribution in [2.75, 3.05) is 0 Å². The van der Waals surface area contributed by atoms with Gasteiger partial charge in [0.15, 0.2) is 0 Å². The van der Waals surface area contributed by atoms with E-state index in [2.05, 4.69) is 35.5 Å². The standard InChI is InChI=1S/C22H23F3N8O2/c1-11(2)17(19-29-18(32-35-19)14-6-5-9-26-10-14)28-16(34)8-7-15-12(3)27-21-30-20(22(23,24)25)31-33(21)13(15)4/h5-6,9-11,17H,7-8H2,1-4H3,(H,28,34). The number of halogens is 3. The molecule has 0 aliphatic carbocycles. The number of fused-ring (bicyclic) bond motifs is 1. The lowest BCUT2D eigenvalue weighted by Crippen LogP contribution is -2.32. The monoisotopic (exact) mass is 488 g/mol. The molecule has 4 aromatic heterocycles. The summed E-state index contributed by atoms with van der Waals surface area (Å²) in [5, 5.41) is 10.4. The number of nitrogens with zero attached hydrogens (tertiary/aromatic N) is 7. The molecule has 0 aliphatic rings. The molecule has 1 unspecified atom stereocenters. The van der Waals surface area contributed by atoms with Gasteiger partial charge in [0.05, 0.1) is 0 Å². The topological polar surface area (TPSA) is 124 Å². The lowest BCUT2D eigenvalue weighted by molar-refractivity contribution is -0.144. The molecule has 0 spiro atoms. The van der Waals surface area contributed by atoms with E-state index in [9.17, 15) is 18.0 Å². The van der Waals surface area contributed by atoms with E-state index in [1.165, 1.54) is 0 Å². The van der Waals surface area contributed by atoms with E-state index < -0.39 is 18.0 Å². The molecule has 0 fully saturated rings. The molecule has 1 atom stereocenters. The van der Waals surface area contributed by atoms with Gasteiger partial charge in [-0.25, -0.2) is 9.50 Å². The zero-order chi connectivity index (χ0) is 25.3. The van der Waals surface area contributed by atoms with E-state index >= 15 is 0 Å². The van der Waals surface area contributed by atoms with Gasteiger partial charge in [0.25, 0.3) is 11.6 Å². The summed E-state index contributed by atoms with van der Waals surface area (Å²) in [7, 11) is 0. The van der Waals surface area contributed by atoms with Gasteiger partial charge >= 0.3 is 6.18 Å². The number of pyridine rings is 1. The highest BCUT2D eigenvalue weighted by atomic mass is 19.4. The Bertz CT molecular complexity index is 1350. The molecular weight excluding hydrogens is 465 g/mol. The maximum atomic E-state index is 13.0. The molecular formula is C22H23F3N8O2. The van der Waals surface area contributed by atoms with Gasteiger partial charge in [0.1, 0.15) is 6.04 Å². The third-order valence-corrected chi connectivity index (χ3v) is 5.52. The predicted molar refractivity (Wildman–Crippen MR) is 117 cm³/mol. The molecule has 0 saturated carbocycles. The molecule has 0 radical (unpaired) electrons. The summed E-state index contributed by atoms with van der Waals surface area (Å²) < 4.78 is 45.4. The highest BCUT2D eigenvalue weighted by Gasteiger charge is 2.37. The smallest absolute Gasteiger partial charge is 0.344 e. The Morgan fingerprint density at radius 2 is 1.97 bits per heavy atom. The van der Waals surface area contributed by atoms with Gasteiger partial charge in [0.2, 0.25) is 17.6 Å². The van der Waals surface area contributed by atoms with Crippen molar-refractivity contribution in [2.24, 2.45) is 5.92 Å². The molecule has 4 aromatic rings. The number of rotatable bonds is 7. The number of alkyl halides is 3. The largest absolute Gasteiger partial charge is 0.453 e. The van der Waals surface area contributed by atoms with Crippen LogP contribution in [0, 0.1) is 19.8 Å². The summed E-state index contributed by atoms with van der Waals surface area (Å²) in [6.45, 7) is 7.11. The minimum atomic E-state index is -4.68. The van der Waals surface area contributed by atoms with Crippen molar-refractivity contribution < 1.29 is 22.5 Å². The first kappa shape index (κ1) is 24.2. The molecule has 4 rings (SSSR count). The molecule has 1 N–H and O–H groups in total. The first-order valence-electron chi connectivity index (χ1n) is 10.9. The van der Waals surface area contributed by atoms with E-state index in [-0.39, 0.29) is 36.3 Å². The van der Waals surface area contributed by atoms with Crippen LogP contribution in [0.3, 0.4) is 0 Å². The highest BCUT2D eigenvalue weighted by Crippen LogP contribution is 2.27. The second-order valence-electron chi connectivity index (χ2n) is 8.39. The average molecular weight is 488 g/mol. The van der Waals surface area contributed by atoms with E-state index in [0.717, 1.165) is 4.52 Å². The van der Waals surface area contributed by atoms with Crippen molar-refractivity contribution in [2.45, 2.75) is 52.8 Å². The van der Waals surface area contributed by atoms with Crippen molar-refractivity contribution in [3.63, 3.8) is 0 Å². The lowest BCUT2D eigenvalue weighted by atomic mass is 10.0. The van der Waals surface area contributed by atoms with Crippen molar-refractivity contribution in [3.8, 4) is 11.4 Å². The molecule has 13 heteroatoms. The fraction of sp³-hybridized carbons (Fsp3) is 0.409. The van der Waals surface area contributed by atoms with Gasteiger partial charge in [-0.05, 0) is 43.9 Å². The number of carbonyl (C=O) groups excluding carboxylic acids is 1. The first-order valence-corrected chi connectivity index (χ1v) is 10.9. The second-order valence-corrected chi connectivity index (χ2v) is 8.39. The van der Waals surface area contributed by atoms with Crippen molar-refractivity contribution >= 4 is 11.7 Å². The Morgan fingerprint density at radius 1 is 1.20 bits per heavy atom. The van der Waals surface area contributed by atoms with Gasteiger partial charge in [-0.2, -0.15) is 23.1 Å². The number of aryl methyl sites for hydroxylation is 2. The number of carbonyl (C=O) groups is 1. The number of aromatic nitrogens is 7. The third-order valence-electron chi connectivity index (χ3n) is 5.52. The Labute approximate surface area is 198 Å². The van der Waals surface area contributed by atoms with Crippen molar-refractivity contribution in [1.29, 1.82) is 0 Å². The van der Waals surface area contributed by atoms with Crippen LogP contribution in [0.1, 0.15) is 55.0 Å². The summed E-state index contributed by atoms with van der Waals surface area (Å²) in [6, 6.07) is 3.03. The van der Waals surface area contributed by atoms with Crippen LogP contribution >= 0.6 is 0 Å². The zero-order valence-corrected chi connectivity index (χ0v) is 19.5. The van der Waals surface area contributed by atoms with Crippen LogP contribution in [0.15, 0.2) is 29.0 Å². The molecule has 10 nitrogen and oxygen atoms in total. The van der Waals surface area contributed by atoms with E-state index in [1.54, 1.807) is 38.4 Å². The molecule has 35 heavy (non-hydrogen) atoms. The number of hydrogen-bond donors (Lipinski definition) is 1. The molecule has 0 saturated heterocycles. The zero-order valence-electron chi connectivity index (χ0n) is 19.5. The molecule has 4 heterocycles. The lowest BCUT2D eigenvalue weighted by Gasteiger charge is -2.19. The maximum absolute atomic E-state index is 13.0. The fourth-order valence-electron chi connectivity index (χ4n) is 3.66. The van der Waals surface area contributed by atoms with Gasteiger partial charge < -0.3 is 9.84 Å². The van der Waals surface area contributed by atoms with Gasteiger partial charge in [-0.3, -0.25) is 9.78 Å². The van der Waals surface area contributed by atoms with E-state index in [0.29, 0.717) is 28.3 Å². The van der Waals surface area contributed by atoms with Crippen LogP contribution in [0.4, 0.5) is 13.2 Å². The normalized spacial score (nSPS) is 12.9. The van der Waals surface area contributed by atoms with Crippen LogP contribution in [-0.2, 0) is 17.4 Å². The first-order chi connectivity index (χ1) is 16.5. The van der Waals surface area contributed by atoms with Crippen molar-refractivity contribution in [1.82, 2.24) is 40.0 Å².